The first-order chi connectivity index (χ1) is 6.38. The molecular formula is C12H15O. The van der Waals surface area contributed by atoms with Crippen molar-refractivity contribution in [3.05, 3.63) is 24.3 Å². The van der Waals surface area contributed by atoms with Gasteiger partial charge in [0.05, 0.1) is 0 Å². The Bertz CT molecular complexity index is 244. The van der Waals surface area contributed by atoms with E-state index in [1.165, 1.54) is 32.1 Å². The highest BCUT2D eigenvalue weighted by Gasteiger charge is 2.26. The van der Waals surface area contributed by atoms with Gasteiger partial charge in [-0.05, 0) is 18.8 Å². The average molecular weight is 175 g/mol. The van der Waals surface area contributed by atoms with Gasteiger partial charge < -0.3 is 0 Å². The molecule has 0 spiro atoms. The molecule has 0 aromatic heterocycles. The number of rotatable bonds is 1. The van der Waals surface area contributed by atoms with Crippen molar-refractivity contribution in [1.29, 1.82) is 0 Å². The molecule has 0 aromatic rings. The highest BCUT2D eigenvalue weighted by Crippen LogP contribution is 2.32. The van der Waals surface area contributed by atoms with Crippen LogP contribution in [0.5, 0.6) is 0 Å². The smallest absolute Gasteiger partial charge is 0.170 e. The molecule has 0 bridgehead atoms. The van der Waals surface area contributed by atoms with Crippen molar-refractivity contribution in [1.82, 2.24) is 0 Å². The second-order valence-electron chi connectivity index (χ2n) is 3.98. The van der Waals surface area contributed by atoms with Crippen LogP contribution in [0.25, 0.3) is 0 Å². The SMILES string of the molecule is O=C1[C]=CC=CC1C1CCCCC1. The number of allylic oxidation sites excluding steroid dienone is 4. The number of hydrogen-bond acceptors (Lipinski definition) is 1. The van der Waals surface area contributed by atoms with Crippen molar-refractivity contribution < 1.29 is 4.79 Å². The largest absolute Gasteiger partial charge is 0.293 e. The zero-order valence-electron chi connectivity index (χ0n) is 7.83. The van der Waals surface area contributed by atoms with Crippen LogP contribution in [-0.2, 0) is 4.79 Å². The van der Waals surface area contributed by atoms with E-state index >= 15 is 0 Å². The Balaban J connectivity index is 2.02. The summed E-state index contributed by atoms with van der Waals surface area (Å²) in [5, 5.41) is 0. The Labute approximate surface area is 79.5 Å². The van der Waals surface area contributed by atoms with Gasteiger partial charge >= 0.3 is 0 Å². The molecule has 1 atom stereocenters. The van der Waals surface area contributed by atoms with Crippen LogP contribution in [0.3, 0.4) is 0 Å². The quantitative estimate of drug-likeness (QED) is 0.598. The second kappa shape index (κ2) is 3.91. The van der Waals surface area contributed by atoms with Crippen molar-refractivity contribution >= 4 is 5.78 Å². The van der Waals surface area contributed by atoms with Crippen LogP contribution in [-0.4, -0.2) is 5.78 Å². The van der Waals surface area contributed by atoms with Gasteiger partial charge in [0.2, 0.25) is 0 Å². The third kappa shape index (κ3) is 1.90. The van der Waals surface area contributed by atoms with Crippen molar-refractivity contribution in [2.75, 3.05) is 0 Å². The molecule has 0 aromatic carbocycles. The molecule has 1 heteroatoms. The number of carbonyl (C=O) groups is 1. The zero-order chi connectivity index (χ0) is 9.10. The molecule has 2 rings (SSSR count). The van der Waals surface area contributed by atoms with Crippen LogP contribution >= 0.6 is 0 Å². The van der Waals surface area contributed by atoms with Crippen LogP contribution in [0.4, 0.5) is 0 Å². The topological polar surface area (TPSA) is 17.1 Å². The molecule has 1 fully saturated rings. The maximum atomic E-state index is 11.5. The summed E-state index contributed by atoms with van der Waals surface area (Å²) in [6.07, 6.45) is 14.9. The molecule has 0 saturated heterocycles. The van der Waals surface area contributed by atoms with E-state index in [9.17, 15) is 4.79 Å². The standard InChI is InChI=1S/C12H15O/c13-12-9-5-4-8-11(12)10-6-2-1-3-7-10/h4-5,8,10-11H,1-3,6-7H2. The summed E-state index contributed by atoms with van der Waals surface area (Å²) in [4.78, 5) is 11.5. The lowest BCUT2D eigenvalue weighted by Gasteiger charge is -2.27. The fourth-order valence-corrected chi connectivity index (χ4v) is 2.35. The first-order valence-corrected chi connectivity index (χ1v) is 5.18. The minimum Gasteiger partial charge on any atom is -0.293 e. The molecule has 1 unspecified atom stereocenters. The Kier molecular flexibility index (Phi) is 2.62. The summed E-state index contributed by atoms with van der Waals surface area (Å²) in [7, 11) is 0. The first-order valence-electron chi connectivity index (χ1n) is 5.18. The maximum Gasteiger partial charge on any atom is 0.170 e. The number of ketones is 1. The summed E-state index contributed by atoms with van der Waals surface area (Å²) in [6.45, 7) is 0. The molecule has 0 aliphatic heterocycles. The Morgan fingerprint density at radius 1 is 1.23 bits per heavy atom. The summed E-state index contributed by atoms with van der Waals surface area (Å²) in [5.41, 5.74) is 0. The molecule has 13 heavy (non-hydrogen) atoms. The molecule has 0 amide bonds. The van der Waals surface area contributed by atoms with Crippen molar-refractivity contribution in [3.63, 3.8) is 0 Å². The van der Waals surface area contributed by atoms with Gasteiger partial charge in [-0.1, -0.05) is 37.5 Å². The van der Waals surface area contributed by atoms with E-state index in [1.54, 1.807) is 6.08 Å². The highest BCUT2D eigenvalue weighted by molar-refractivity contribution is 5.90. The second-order valence-corrected chi connectivity index (χ2v) is 3.98. The predicted molar refractivity (Wildman–Crippen MR) is 52.0 cm³/mol. The summed E-state index contributed by atoms with van der Waals surface area (Å²) >= 11 is 0. The van der Waals surface area contributed by atoms with E-state index < -0.39 is 0 Å². The molecule has 1 radical (unpaired) electrons. The van der Waals surface area contributed by atoms with Gasteiger partial charge in [0.15, 0.2) is 5.78 Å². The Hall–Kier alpha value is -0.850. The molecule has 1 saturated carbocycles. The molecule has 1 nitrogen and oxygen atoms in total. The van der Waals surface area contributed by atoms with E-state index in [1.807, 2.05) is 6.08 Å². The summed E-state index contributed by atoms with van der Waals surface area (Å²) in [5.74, 6) is 0.929. The van der Waals surface area contributed by atoms with Crippen molar-refractivity contribution in [3.8, 4) is 0 Å². The van der Waals surface area contributed by atoms with Crippen molar-refractivity contribution in [2.24, 2.45) is 11.8 Å². The van der Waals surface area contributed by atoms with Gasteiger partial charge in [0, 0.05) is 12.0 Å². The summed E-state index contributed by atoms with van der Waals surface area (Å²) in [6, 6.07) is 0. The van der Waals surface area contributed by atoms with Gasteiger partial charge in [0.1, 0.15) is 0 Å². The molecule has 2 aliphatic carbocycles. The van der Waals surface area contributed by atoms with Gasteiger partial charge in [-0.15, -0.1) is 0 Å². The molecule has 0 heterocycles. The van der Waals surface area contributed by atoms with Crippen LogP contribution < -0.4 is 0 Å². The van der Waals surface area contributed by atoms with Gasteiger partial charge in [-0.2, -0.15) is 0 Å². The van der Waals surface area contributed by atoms with Crippen LogP contribution in [0, 0.1) is 17.9 Å². The van der Waals surface area contributed by atoms with E-state index in [0.29, 0.717) is 5.92 Å². The molecule has 2 aliphatic rings. The minimum absolute atomic E-state index is 0.144. The van der Waals surface area contributed by atoms with Gasteiger partial charge in [0.25, 0.3) is 0 Å². The lowest BCUT2D eigenvalue weighted by Crippen LogP contribution is -2.24. The molecular weight excluding hydrogens is 160 g/mol. The first kappa shape index (κ1) is 8.74. The lowest BCUT2D eigenvalue weighted by molar-refractivity contribution is -0.119. The van der Waals surface area contributed by atoms with Gasteiger partial charge in [-0.3, -0.25) is 4.79 Å². The summed E-state index contributed by atoms with van der Waals surface area (Å²) < 4.78 is 0. The third-order valence-corrected chi connectivity index (χ3v) is 3.10. The number of carbonyl (C=O) groups excluding carboxylic acids is 1. The third-order valence-electron chi connectivity index (χ3n) is 3.10. The number of hydrogen-bond donors (Lipinski definition) is 0. The van der Waals surface area contributed by atoms with Crippen LogP contribution in [0.1, 0.15) is 32.1 Å². The zero-order valence-corrected chi connectivity index (χ0v) is 7.83. The lowest BCUT2D eigenvalue weighted by atomic mass is 9.77. The fourth-order valence-electron chi connectivity index (χ4n) is 2.35. The van der Waals surface area contributed by atoms with Gasteiger partial charge in [-0.25, -0.2) is 0 Å². The van der Waals surface area contributed by atoms with E-state index in [4.69, 9.17) is 0 Å². The van der Waals surface area contributed by atoms with E-state index in [0.717, 1.165) is 0 Å². The Morgan fingerprint density at radius 2 is 2.00 bits per heavy atom. The number of Topliss-reactive ketones (excluding diaryl/α,β-unsaturated/α-hetero) is 1. The average Bonchev–Trinajstić information content (AvgIpc) is 2.20. The molecule has 0 N–H and O–H groups in total. The predicted octanol–water partition coefficient (Wildman–Crippen LogP) is 2.68. The van der Waals surface area contributed by atoms with Crippen LogP contribution in [0.2, 0.25) is 0 Å². The fraction of sp³-hybridized carbons (Fsp3) is 0.583. The monoisotopic (exact) mass is 175 g/mol. The Morgan fingerprint density at radius 3 is 2.69 bits per heavy atom. The van der Waals surface area contributed by atoms with Crippen molar-refractivity contribution in [2.45, 2.75) is 32.1 Å². The maximum absolute atomic E-state index is 11.5. The highest BCUT2D eigenvalue weighted by atomic mass is 16.1. The minimum atomic E-state index is 0.144. The molecule has 69 valence electrons. The van der Waals surface area contributed by atoms with E-state index in [-0.39, 0.29) is 11.7 Å². The normalized spacial score (nSPS) is 29.5. The van der Waals surface area contributed by atoms with Crippen LogP contribution in [0.15, 0.2) is 18.2 Å². The van der Waals surface area contributed by atoms with E-state index in [2.05, 4.69) is 12.2 Å².